The molecule has 56 valence electrons. The molecule has 0 fully saturated rings. The maximum atomic E-state index is 5.54. The standard InChI is InChI=1S/C7H7N3S/c8-6-7(11)10-4-2-1-3-5(10)9-6/h1-4,11H,8H2. The Morgan fingerprint density at radius 2 is 2.27 bits per heavy atom. The summed E-state index contributed by atoms with van der Waals surface area (Å²) in [6, 6.07) is 5.71. The van der Waals surface area contributed by atoms with Gasteiger partial charge in [0.15, 0.2) is 5.82 Å². The van der Waals surface area contributed by atoms with E-state index in [1.165, 1.54) is 0 Å². The molecule has 0 aliphatic rings. The molecule has 0 spiro atoms. The van der Waals surface area contributed by atoms with Crippen molar-refractivity contribution in [2.45, 2.75) is 5.03 Å². The van der Waals surface area contributed by atoms with Gasteiger partial charge >= 0.3 is 0 Å². The molecule has 2 aromatic rings. The maximum Gasteiger partial charge on any atom is 0.156 e. The summed E-state index contributed by atoms with van der Waals surface area (Å²) in [7, 11) is 0. The van der Waals surface area contributed by atoms with Gasteiger partial charge in [-0.15, -0.1) is 12.6 Å². The minimum Gasteiger partial charge on any atom is -0.381 e. The van der Waals surface area contributed by atoms with Crippen LogP contribution in [0.2, 0.25) is 0 Å². The first-order valence-corrected chi connectivity index (χ1v) is 3.65. The predicted molar refractivity (Wildman–Crippen MR) is 46.9 cm³/mol. The Balaban J connectivity index is 2.92. The average molecular weight is 165 g/mol. The van der Waals surface area contributed by atoms with E-state index in [4.69, 9.17) is 5.73 Å². The summed E-state index contributed by atoms with van der Waals surface area (Å²) in [5, 5.41) is 0.695. The van der Waals surface area contributed by atoms with Gasteiger partial charge in [0.2, 0.25) is 0 Å². The van der Waals surface area contributed by atoms with E-state index in [0.717, 1.165) is 5.65 Å². The second-order valence-corrected chi connectivity index (χ2v) is 2.67. The smallest absolute Gasteiger partial charge is 0.156 e. The Morgan fingerprint density at radius 1 is 1.45 bits per heavy atom. The molecule has 0 amide bonds. The third kappa shape index (κ3) is 0.867. The Bertz CT molecular complexity index is 393. The molecule has 0 unspecified atom stereocenters. The molecule has 0 aromatic carbocycles. The molecule has 2 aromatic heterocycles. The fourth-order valence-electron chi connectivity index (χ4n) is 1.00. The average Bonchev–Trinajstić information content (AvgIpc) is 2.30. The Kier molecular flexibility index (Phi) is 1.29. The van der Waals surface area contributed by atoms with Crippen LogP contribution in [0.3, 0.4) is 0 Å². The van der Waals surface area contributed by atoms with E-state index in [-0.39, 0.29) is 0 Å². The number of hydrogen-bond donors (Lipinski definition) is 2. The van der Waals surface area contributed by atoms with E-state index in [9.17, 15) is 0 Å². The molecule has 2 heterocycles. The lowest BCUT2D eigenvalue weighted by Crippen LogP contribution is -1.85. The largest absolute Gasteiger partial charge is 0.381 e. The summed E-state index contributed by atoms with van der Waals surface area (Å²) in [6.45, 7) is 0. The molecule has 0 radical (unpaired) electrons. The Hall–Kier alpha value is -1.16. The van der Waals surface area contributed by atoms with Crippen molar-refractivity contribution < 1.29 is 0 Å². The van der Waals surface area contributed by atoms with Crippen molar-refractivity contribution >= 4 is 24.1 Å². The van der Waals surface area contributed by atoms with Gasteiger partial charge in [-0.1, -0.05) is 6.07 Å². The fraction of sp³-hybridized carbons (Fsp3) is 0. The molecule has 11 heavy (non-hydrogen) atoms. The first-order valence-electron chi connectivity index (χ1n) is 3.20. The lowest BCUT2D eigenvalue weighted by Gasteiger charge is -1.91. The van der Waals surface area contributed by atoms with E-state index < -0.39 is 0 Å². The Labute approximate surface area is 69.3 Å². The molecule has 0 atom stereocenters. The zero-order valence-corrected chi connectivity index (χ0v) is 6.62. The zero-order valence-electron chi connectivity index (χ0n) is 5.73. The first-order chi connectivity index (χ1) is 5.29. The number of nitrogens with two attached hydrogens (primary N) is 1. The highest BCUT2D eigenvalue weighted by Crippen LogP contribution is 2.16. The van der Waals surface area contributed by atoms with Crippen LogP contribution < -0.4 is 5.73 Å². The van der Waals surface area contributed by atoms with Crippen LogP contribution >= 0.6 is 12.6 Å². The monoisotopic (exact) mass is 165 g/mol. The molecular formula is C7H7N3S. The summed E-state index contributed by atoms with van der Waals surface area (Å²) in [5.41, 5.74) is 6.37. The highest BCUT2D eigenvalue weighted by Gasteiger charge is 2.02. The van der Waals surface area contributed by atoms with Crippen LogP contribution in [-0.2, 0) is 0 Å². The number of hydrogen-bond acceptors (Lipinski definition) is 3. The van der Waals surface area contributed by atoms with Crippen molar-refractivity contribution in [2.24, 2.45) is 0 Å². The molecule has 2 rings (SSSR count). The maximum absolute atomic E-state index is 5.54. The molecule has 0 aliphatic heterocycles. The number of thiol groups is 1. The van der Waals surface area contributed by atoms with Crippen LogP contribution in [0.1, 0.15) is 0 Å². The normalized spacial score (nSPS) is 10.6. The van der Waals surface area contributed by atoms with Crippen molar-refractivity contribution in [3.8, 4) is 0 Å². The topological polar surface area (TPSA) is 43.3 Å². The van der Waals surface area contributed by atoms with Crippen LogP contribution in [0.25, 0.3) is 5.65 Å². The highest BCUT2D eigenvalue weighted by atomic mass is 32.1. The fourth-order valence-corrected chi connectivity index (χ4v) is 1.22. The molecule has 4 heteroatoms. The summed E-state index contributed by atoms with van der Waals surface area (Å²) in [4.78, 5) is 4.08. The van der Waals surface area contributed by atoms with E-state index in [1.54, 1.807) is 0 Å². The summed E-state index contributed by atoms with van der Waals surface area (Å²) < 4.78 is 1.83. The van der Waals surface area contributed by atoms with Gasteiger partial charge in [-0.05, 0) is 12.1 Å². The molecule has 0 aliphatic carbocycles. The van der Waals surface area contributed by atoms with Gasteiger partial charge in [0.1, 0.15) is 10.7 Å². The van der Waals surface area contributed by atoms with Crippen LogP contribution in [0, 0.1) is 0 Å². The lowest BCUT2D eigenvalue weighted by molar-refractivity contribution is 1.06. The number of nitrogen functional groups attached to an aromatic ring is 1. The van der Waals surface area contributed by atoms with E-state index in [2.05, 4.69) is 17.6 Å². The summed E-state index contributed by atoms with van der Waals surface area (Å²) in [6.07, 6.45) is 1.88. The van der Waals surface area contributed by atoms with Gasteiger partial charge in [0, 0.05) is 6.20 Å². The van der Waals surface area contributed by atoms with Gasteiger partial charge in [0.05, 0.1) is 0 Å². The van der Waals surface area contributed by atoms with Gasteiger partial charge in [-0.3, -0.25) is 4.40 Å². The van der Waals surface area contributed by atoms with Crippen LogP contribution in [0.15, 0.2) is 29.4 Å². The van der Waals surface area contributed by atoms with E-state index >= 15 is 0 Å². The molecule has 0 saturated carbocycles. The van der Waals surface area contributed by atoms with Gasteiger partial charge in [-0.25, -0.2) is 4.98 Å². The predicted octanol–water partition coefficient (Wildman–Crippen LogP) is 1.21. The van der Waals surface area contributed by atoms with Crippen molar-refractivity contribution in [3.05, 3.63) is 24.4 Å². The minimum atomic E-state index is 0.472. The second-order valence-electron chi connectivity index (χ2n) is 2.25. The van der Waals surface area contributed by atoms with Crippen molar-refractivity contribution in [1.82, 2.24) is 9.38 Å². The third-order valence-electron chi connectivity index (χ3n) is 1.53. The van der Waals surface area contributed by atoms with Gasteiger partial charge in [0.25, 0.3) is 0 Å². The van der Waals surface area contributed by atoms with Crippen molar-refractivity contribution in [1.29, 1.82) is 0 Å². The number of imidazole rings is 1. The van der Waals surface area contributed by atoms with Gasteiger partial charge < -0.3 is 5.73 Å². The first kappa shape index (κ1) is 6.54. The number of rotatable bonds is 0. The number of aromatic nitrogens is 2. The zero-order chi connectivity index (χ0) is 7.84. The Morgan fingerprint density at radius 3 is 3.00 bits per heavy atom. The lowest BCUT2D eigenvalue weighted by atomic mass is 10.5. The van der Waals surface area contributed by atoms with Crippen LogP contribution in [-0.4, -0.2) is 9.38 Å². The van der Waals surface area contributed by atoms with E-state index in [1.807, 2.05) is 28.8 Å². The van der Waals surface area contributed by atoms with Crippen LogP contribution in [0.5, 0.6) is 0 Å². The van der Waals surface area contributed by atoms with Crippen molar-refractivity contribution in [3.63, 3.8) is 0 Å². The minimum absolute atomic E-state index is 0.472. The number of anilines is 1. The molecular weight excluding hydrogens is 158 g/mol. The van der Waals surface area contributed by atoms with Crippen molar-refractivity contribution in [2.75, 3.05) is 5.73 Å². The molecule has 2 N–H and O–H groups in total. The van der Waals surface area contributed by atoms with Gasteiger partial charge in [-0.2, -0.15) is 0 Å². The molecule has 3 nitrogen and oxygen atoms in total. The number of fused-ring (bicyclic) bond motifs is 1. The third-order valence-corrected chi connectivity index (χ3v) is 1.98. The van der Waals surface area contributed by atoms with Crippen LogP contribution in [0.4, 0.5) is 5.82 Å². The highest BCUT2D eigenvalue weighted by molar-refractivity contribution is 7.80. The summed E-state index contributed by atoms with van der Waals surface area (Å²) >= 11 is 4.19. The SMILES string of the molecule is Nc1nc2ccccn2c1S. The quantitative estimate of drug-likeness (QED) is 0.576. The number of nitrogens with zero attached hydrogens (tertiary/aromatic N) is 2. The van der Waals surface area contributed by atoms with E-state index in [0.29, 0.717) is 10.8 Å². The second kappa shape index (κ2) is 2.17. The molecule has 0 bridgehead atoms. The summed E-state index contributed by atoms with van der Waals surface area (Å²) in [5.74, 6) is 0.472. The number of pyridine rings is 1. The molecule has 0 saturated heterocycles.